The molecule has 1 rings (SSSR count). The van der Waals surface area contributed by atoms with Gasteiger partial charge in [-0.05, 0) is 11.8 Å². The Morgan fingerprint density at radius 2 is 2.05 bits per heavy atom. The summed E-state index contributed by atoms with van der Waals surface area (Å²) in [4.78, 5) is 16.0. The predicted molar refractivity (Wildman–Crippen MR) is 79.0 cm³/mol. The topological polar surface area (TPSA) is 72.9 Å². The van der Waals surface area contributed by atoms with E-state index < -0.39 is 6.04 Å². The summed E-state index contributed by atoms with van der Waals surface area (Å²) in [6, 6.07) is -0.460. The van der Waals surface area contributed by atoms with E-state index in [1.807, 2.05) is 20.0 Å². The summed E-state index contributed by atoms with van der Waals surface area (Å²) >= 11 is 0. The van der Waals surface area contributed by atoms with Crippen molar-refractivity contribution in [2.75, 3.05) is 0 Å². The number of carbonyl (C=O) groups excluding carboxylic acids is 1. The van der Waals surface area contributed by atoms with E-state index in [-0.39, 0.29) is 24.2 Å². The van der Waals surface area contributed by atoms with Crippen molar-refractivity contribution in [2.45, 2.75) is 46.8 Å². The monoisotopic (exact) mass is 288 g/mol. The molecule has 0 fully saturated rings. The maximum atomic E-state index is 11.7. The van der Waals surface area contributed by atoms with Crippen LogP contribution in [0.3, 0.4) is 0 Å². The fourth-order valence-corrected chi connectivity index (χ4v) is 1.65. The van der Waals surface area contributed by atoms with Crippen molar-refractivity contribution in [2.24, 2.45) is 17.6 Å². The van der Waals surface area contributed by atoms with E-state index in [4.69, 9.17) is 5.73 Å². The zero-order chi connectivity index (χ0) is 13.7. The fourth-order valence-electron chi connectivity index (χ4n) is 1.65. The van der Waals surface area contributed by atoms with Crippen LogP contribution in [-0.4, -0.2) is 21.5 Å². The third kappa shape index (κ3) is 5.61. The highest BCUT2D eigenvalue weighted by molar-refractivity contribution is 5.85. The zero-order valence-corrected chi connectivity index (χ0v) is 12.9. The van der Waals surface area contributed by atoms with Crippen LogP contribution in [0.25, 0.3) is 0 Å². The van der Waals surface area contributed by atoms with E-state index in [1.165, 1.54) is 0 Å². The molecule has 1 aromatic rings. The predicted octanol–water partition coefficient (Wildman–Crippen LogP) is 1.56. The molecule has 0 aliphatic carbocycles. The SMILES string of the molecule is CC(C)Cn1ccnc1CNC(=O)[C@@H](N)C(C)C.Cl. The van der Waals surface area contributed by atoms with Crippen molar-refractivity contribution in [3.8, 4) is 0 Å². The van der Waals surface area contributed by atoms with Gasteiger partial charge in [0.25, 0.3) is 0 Å². The lowest BCUT2D eigenvalue weighted by molar-refractivity contribution is -0.123. The van der Waals surface area contributed by atoms with E-state index >= 15 is 0 Å². The van der Waals surface area contributed by atoms with Crippen molar-refractivity contribution in [3.05, 3.63) is 18.2 Å². The molecular weight excluding hydrogens is 264 g/mol. The van der Waals surface area contributed by atoms with Gasteiger partial charge in [0.2, 0.25) is 5.91 Å². The number of amides is 1. The van der Waals surface area contributed by atoms with Gasteiger partial charge in [-0.1, -0.05) is 27.7 Å². The summed E-state index contributed by atoms with van der Waals surface area (Å²) in [5, 5.41) is 2.83. The van der Waals surface area contributed by atoms with E-state index in [0.29, 0.717) is 12.5 Å². The molecule has 0 spiro atoms. The second-order valence-corrected chi connectivity index (χ2v) is 5.38. The van der Waals surface area contributed by atoms with Gasteiger partial charge in [0.1, 0.15) is 5.82 Å². The molecule has 19 heavy (non-hydrogen) atoms. The van der Waals surface area contributed by atoms with Crippen LogP contribution < -0.4 is 11.1 Å². The highest BCUT2D eigenvalue weighted by Gasteiger charge is 2.17. The zero-order valence-electron chi connectivity index (χ0n) is 12.1. The Labute approximate surface area is 121 Å². The van der Waals surface area contributed by atoms with E-state index in [2.05, 4.69) is 28.7 Å². The van der Waals surface area contributed by atoms with E-state index in [9.17, 15) is 4.79 Å². The van der Waals surface area contributed by atoms with Gasteiger partial charge in [0.05, 0.1) is 12.6 Å². The van der Waals surface area contributed by atoms with Crippen LogP contribution in [0.2, 0.25) is 0 Å². The lowest BCUT2D eigenvalue weighted by atomic mass is 10.1. The number of imidazole rings is 1. The molecule has 6 heteroatoms. The molecule has 1 heterocycles. The van der Waals surface area contributed by atoms with Crippen molar-refractivity contribution < 1.29 is 4.79 Å². The van der Waals surface area contributed by atoms with Crippen LogP contribution in [0, 0.1) is 11.8 Å². The van der Waals surface area contributed by atoms with Gasteiger partial charge in [0.15, 0.2) is 0 Å². The second kappa shape index (κ2) is 8.17. The molecule has 0 radical (unpaired) electrons. The standard InChI is InChI=1S/C13H24N4O.ClH/c1-9(2)8-17-6-5-15-11(17)7-16-13(18)12(14)10(3)4;/h5-6,9-10,12H,7-8,14H2,1-4H3,(H,16,18);1H/t12-;/m0./s1. The number of carbonyl (C=O) groups is 1. The molecule has 0 saturated heterocycles. The summed E-state index contributed by atoms with van der Waals surface area (Å²) in [5.41, 5.74) is 5.78. The molecule has 1 atom stereocenters. The molecule has 5 nitrogen and oxygen atoms in total. The Bertz CT molecular complexity index is 390. The third-order valence-corrected chi connectivity index (χ3v) is 2.81. The van der Waals surface area contributed by atoms with Crippen molar-refractivity contribution in [3.63, 3.8) is 0 Å². The van der Waals surface area contributed by atoms with E-state index in [1.54, 1.807) is 6.20 Å². The van der Waals surface area contributed by atoms with Crippen molar-refractivity contribution in [1.29, 1.82) is 0 Å². The van der Waals surface area contributed by atoms with Gasteiger partial charge in [-0.25, -0.2) is 4.98 Å². The van der Waals surface area contributed by atoms with Gasteiger partial charge in [-0.2, -0.15) is 0 Å². The van der Waals surface area contributed by atoms with Gasteiger partial charge in [-0.3, -0.25) is 4.79 Å². The Morgan fingerprint density at radius 3 is 2.58 bits per heavy atom. The largest absolute Gasteiger partial charge is 0.348 e. The molecule has 1 amide bonds. The van der Waals surface area contributed by atoms with Crippen LogP contribution in [-0.2, 0) is 17.9 Å². The Balaban J connectivity index is 0.00000324. The molecule has 110 valence electrons. The molecule has 1 aromatic heterocycles. The van der Waals surface area contributed by atoms with Crippen molar-refractivity contribution >= 4 is 18.3 Å². The van der Waals surface area contributed by atoms with Gasteiger partial charge in [-0.15, -0.1) is 12.4 Å². The smallest absolute Gasteiger partial charge is 0.237 e. The average molecular weight is 289 g/mol. The lowest BCUT2D eigenvalue weighted by Gasteiger charge is -2.16. The minimum Gasteiger partial charge on any atom is -0.348 e. The molecule has 0 bridgehead atoms. The summed E-state index contributed by atoms with van der Waals surface area (Å²) in [5.74, 6) is 1.43. The minimum absolute atomic E-state index is 0. The number of rotatable bonds is 6. The van der Waals surface area contributed by atoms with Crippen molar-refractivity contribution in [1.82, 2.24) is 14.9 Å². The first-order valence-corrected chi connectivity index (χ1v) is 6.45. The quantitative estimate of drug-likeness (QED) is 0.834. The molecule has 0 saturated carbocycles. The van der Waals surface area contributed by atoms with Gasteiger partial charge in [0, 0.05) is 18.9 Å². The molecule has 0 aromatic carbocycles. The molecule has 3 N–H and O–H groups in total. The molecule has 0 aliphatic rings. The normalized spacial score (nSPS) is 12.4. The minimum atomic E-state index is -0.460. The Kier molecular flexibility index (Phi) is 7.71. The van der Waals surface area contributed by atoms with E-state index in [0.717, 1.165) is 12.4 Å². The Morgan fingerprint density at radius 1 is 1.42 bits per heavy atom. The fraction of sp³-hybridized carbons (Fsp3) is 0.692. The number of aromatic nitrogens is 2. The lowest BCUT2D eigenvalue weighted by Crippen LogP contribution is -2.43. The third-order valence-electron chi connectivity index (χ3n) is 2.81. The second-order valence-electron chi connectivity index (χ2n) is 5.38. The van der Waals surface area contributed by atoms with Crippen LogP contribution in [0.15, 0.2) is 12.4 Å². The first-order chi connectivity index (χ1) is 8.41. The average Bonchev–Trinajstić information content (AvgIpc) is 2.71. The molecule has 0 aliphatic heterocycles. The number of nitrogens with one attached hydrogen (secondary N) is 1. The first kappa shape index (κ1) is 17.9. The first-order valence-electron chi connectivity index (χ1n) is 6.45. The highest BCUT2D eigenvalue weighted by Crippen LogP contribution is 2.04. The van der Waals surface area contributed by atoms with Crippen LogP contribution in [0.5, 0.6) is 0 Å². The Hall–Kier alpha value is -1.07. The summed E-state index contributed by atoms with van der Waals surface area (Å²) in [7, 11) is 0. The molecule has 0 unspecified atom stereocenters. The van der Waals surface area contributed by atoms with Crippen LogP contribution >= 0.6 is 12.4 Å². The van der Waals surface area contributed by atoms with Crippen LogP contribution in [0.1, 0.15) is 33.5 Å². The van der Waals surface area contributed by atoms with Gasteiger partial charge < -0.3 is 15.6 Å². The van der Waals surface area contributed by atoms with Gasteiger partial charge >= 0.3 is 0 Å². The number of halogens is 1. The summed E-state index contributed by atoms with van der Waals surface area (Å²) in [6.45, 7) is 9.50. The maximum Gasteiger partial charge on any atom is 0.237 e. The maximum absolute atomic E-state index is 11.7. The number of hydrogen-bond acceptors (Lipinski definition) is 3. The highest BCUT2D eigenvalue weighted by atomic mass is 35.5. The van der Waals surface area contributed by atoms with Crippen LogP contribution in [0.4, 0.5) is 0 Å². The molecular formula is C13H25ClN4O. The number of nitrogens with zero attached hydrogens (tertiary/aromatic N) is 2. The summed E-state index contributed by atoms with van der Waals surface area (Å²) in [6.07, 6.45) is 3.69. The summed E-state index contributed by atoms with van der Waals surface area (Å²) < 4.78 is 2.06. The number of hydrogen-bond donors (Lipinski definition) is 2. The number of nitrogens with two attached hydrogens (primary N) is 1.